The monoisotopic (exact) mass is 463 g/mol. The Morgan fingerprint density at radius 1 is 1.20 bits per heavy atom. The summed E-state index contributed by atoms with van der Waals surface area (Å²) in [5.74, 6) is 0.722. The largest absolute Gasteiger partial charge is 0.444 e. The molecule has 1 rings (SSSR count). The molecule has 0 aliphatic heterocycles. The van der Waals surface area contributed by atoms with Gasteiger partial charge >= 0.3 is 6.09 Å². The second kappa shape index (κ2) is 12.7. The first-order valence-corrected chi connectivity index (χ1v) is 8.29. The Balaban J connectivity index is 0.00000576. The highest BCUT2D eigenvalue weighted by atomic mass is 127. The number of hydrogen-bond acceptors (Lipinski definition) is 4. The number of aliphatic imine (C=N–C) groups is 1. The Bertz CT molecular complexity index is 518. The molecule has 0 spiro atoms. The number of amides is 1. The lowest BCUT2D eigenvalue weighted by Gasteiger charge is -2.19. The maximum absolute atomic E-state index is 11.5. The minimum Gasteiger partial charge on any atom is -0.444 e. The van der Waals surface area contributed by atoms with Crippen LogP contribution in [0.15, 0.2) is 29.4 Å². The van der Waals surface area contributed by atoms with Gasteiger partial charge in [-0.1, -0.05) is 6.07 Å². The van der Waals surface area contributed by atoms with Gasteiger partial charge < -0.3 is 20.7 Å². The van der Waals surface area contributed by atoms with Gasteiger partial charge in [-0.3, -0.25) is 9.98 Å². The average Bonchev–Trinajstić information content (AvgIpc) is 2.51. The van der Waals surface area contributed by atoms with Gasteiger partial charge in [0, 0.05) is 44.5 Å². The maximum atomic E-state index is 11.5. The van der Waals surface area contributed by atoms with Crippen LogP contribution in [0.2, 0.25) is 0 Å². The number of ether oxygens (including phenoxy) is 1. The molecule has 25 heavy (non-hydrogen) atoms. The second-order valence-electron chi connectivity index (χ2n) is 6.19. The predicted octanol–water partition coefficient (Wildman–Crippen LogP) is 2.32. The summed E-state index contributed by atoms with van der Waals surface area (Å²) in [6, 6.07) is 5.86. The molecule has 1 aromatic rings. The summed E-state index contributed by atoms with van der Waals surface area (Å²) in [6.45, 7) is 9.96. The van der Waals surface area contributed by atoms with Gasteiger partial charge in [-0.2, -0.15) is 0 Å². The molecule has 0 unspecified atom stereocenters. The third kappa shape index (κ3) is 12.4. The number of guanidine groups is 1. The lowest BCUT2D eigenvalue weighted by atomic mass is 10.2. The number of pyridine rings is 1. The lowest BCUT2D eigenvalue weighted by molar-refractivity contribution is 0.0529. The Hall–Kier alpha value is -1.58. The average molecular weight is 463 g/mol. The highest BCUT2D eigenvalue weighted by Crippen LogP contribution is 2.05. The number of nitrogens with zero attached hydrogens (tertiary/aromatic N) is 2. The Kier molecular flexibility index (Phi) is 11.9. The van der Waals surface area contributed by atoms with Gasteiger partial charge in [0.2, 0.25) is 0 Å². The summed E-state index contributed by atoms with van der Waals surface area (Å²) in [5.41, 5.74) is 0.531. The van der Waals surface area contributed by atoms with Crippen LogP contribution in [0.3, 0.4) is 0 Å². The lowest BCUT2D eigenvalue weighted by Crippen LogP contribution is -2.42. The first kappa shape index (κ1) is 23.4. The van der Waals surface area contributed by atoms with E-state index in [1.54, 1.807) is 6.20 Å². The Morgan fingerprint density at radius 3 is 2.52 bits per heavy atom. The van der Waals surface area contributed by atoms with E-state index < -0.39 is 11.7 Å². The summed E-state index contributed by atoms with van der Waals surface area (Å²) >= 11 is 0. The van der Waals surface area contributed by atoms with Gasteiger partial charge in [0.1, 0.15) is 5.60 Å². The molecule has 0 bridgehead atoms. The summed E-state index contributed by atoms with van der Waals surface area (Å²) in [5, 5.41) is 9.05. The normalized spacial score (nSPS) is 11.3. The van der Waals surface area contributed by atoms with E-state index in [0.717, 1.165) is 24.6 Å². The maximum Gasteiger partial charge on any atom is 0.407 e. The zero-order valence-corrected chi connectivity index (χ0v) is 17.8. The van der Waals surface area contributed by atoms with Crippen LogP contribution >= 0.6 is 24.0 Å². The van der Waals surface area contributed by atoms with Crippen LogP contribution < -0.4 is 16.0 Å². The third-order valence-corrected chi connectivity index (χ3v) is 2.79. The van der Waals surface area contributed by atoms with Crippen LogP contribution in [-0.4, -0.2) is 48.8 Å². The van der Waals surface area contributed by atoms with Crippen LogP contribution in [0, 0.1) is 0 Å². The van der Waals surface area contributed by atoms with E-state index >= 15 is 0 Å². The van der Waals surface area contributed by atoms with Crippen LogP contribution in [0.25, 0.3) is 0 Å². The smallest absolute Gasteiger partial charge is 0.407 e. The van der Waals surface area contributed by atoms with Gasteiger partial charge in [-0.05, 0) is 39.8 Å². The Labute approximate surface area is 167 Å². The van der Waals surface area contributed by atoms with Crippen molar-refractivity contribution in [2.24, 2.45) is 4.99 Å². The molecule has 0 radical (unpaired) electrons. The third-order valence-electron chi connectivity index (χ3n) is 2.79. The molecule has 1 amide bonds. The quantitative estimate of drug-likeness (QED) is 0.250. The molecular formula is C17H30IN5O2. The number of nitrogens with one attached hydrogen (secondary N) is 3. The zero-order chi connectivity index (χ0) is 17.8. The van der Waals surface area contributed by atoms with E-state index in [1.807, 2.05) is 45.9 Å². The van der Waals surface area contributed by atoms with Gasteiger partial charge in [0.05, 0.1) is 0 Å². The summed E-state index contributed by atoms with van der Waals surface area (Å²) in [6.07, 6.45) is 2.15. The van der Waals surface area contributed by atoms with Crippen molar-refractivity contribution in [2.75, 3.05) is 26.2 Å². The van der Waals surface area contributed by atoms with Crippen molar-refractivity contribution < 1.29 is 9.53 Å². The van der Waals surface area contributed by atoms with Gasteiger partial charge in [0.25, 0.3) is 0 Å². The summed E-state index contributed by atoms with van der Waals surface area (Å²) in [7, 11) is 0. The fourth-order valence-corrected chi connectivity index (χ4v) is 1.83. The minimum atomic E-state index is -0.487. The summed E-state index contributed by atoms with van der Waals surface area (Å²) < 4.78 is 5.18. The molecule has 7 nitrogen and oxygen atoms in total. The molecule has 0 saturated carbocycles. The van der Waals surface area contributed by atoms with E-state index in [9.17, 15) is 4.79 Å². The fraction of sp³-hybridized carbons (Fsp3) is 0.588. The number of hydrogen-bond donors (Lipinski definition) is 3. The Morgan fingerprint density at radius 2 is 1.92 bits per heavy atom. The van der Waals surface area contributed by atoms with Crippen molar-refractivity contribution in [1.82, 2.24) is 20.9 Å². The zero-order valence-electron chi connectivity index (χ0n) is 15.5. The number of halogens is 1. The molecule has 1 aromatic heterocycles. The van der Waals surface area contributed by atoms with Crippen molar-refractivity contribution in [1.29, 1.82) is 0 Å². The number of carbonyl (C=O) groups is 1. The molecule has 0 aromatic carbocycles. The highest BCUT2D eigenvalue weighted by Gasteiger charge is 2.15. The van der Waals surface area contributed by atoms with Crippen molar-refractivity contribution in [3.05, 3.63) is 30.1 Å². The van der Waals surface area contributed by atoms with Crippen LogP contribution in [0.4, 0.5) is 4.79 Å². The van der Waals surface area contributed by atoms with Crippen molar-refractivity contribution in [3.8, 4) is 0 Å². The van der Waals surface area contributed by atoms with E-state index in [2.05, 4.69) is 25.9 Å². The van der Waals surface area contributed by atoms with E-state index in [-0.39, 0.29) is 24.0 Å². The predicted molar refractivity (Wildman–Crippen MR) is 112 cm³/mol. The second-order valence-corrected chi connectivity index (χ2v) is 6.19. The number of carbonyl (C=O) groups excluding carboxylic acids is 1. The first-order valence-electron chi connectivity index (χ1n) is 8.29. The van der Waals surface area contributed by atoms with Crippen molar-refractivity contribution >= 4 is 36.0 Å². The van der Waals surface area contributed by atoms with Crippen LogP contribution in [0.5, 0.6) is 0 Å². The van der Waals surface area contributed by atoms with Crippen molar-refractivity contribution in [3.63, 3.8) is 0 Å². The number of alkyl carbamates (subject to hydrolysis) is 1. The fourth-order valence-electron chi connectivity index (χ4n) is 1.83. The highest BCUT2D eigenvalue weighted by molar-refractivity contribution is 14.0. The molecule has 0 fully saturated rings. The first-order chi connectivity index (χ1) is 11.4. The summed E-state index contributed by atoms with van der Waals surface area (Å²) in [4.78, 5) is 20.3. The molecule has 0 atom stereocenters. The topological polar surface area (TPSA) is 87.6 Å². The van der Waals surface area contributed by atoms with Crippen LogP contribution in [-0.2, 0) is 11.2 Å². The molecule has 8 heteroatoms. The number of rotatable bonds is 7. The molecule has 0 aliphatic rings. The number of aromatic nitrogens is 1. The molecule has 3 N–H and O–H groups in total. The standard InChI is InChI=1S/C17H29N5O2.HI/c1-5-18-15(20-11-9-14-8-6-7-10-19-14)21-12-13-22-16(23)24-17(2,3)4;/h6-8,10H,5,9,11-13H2,1-4H3,(H,22,23)(H2,18,20,21);1H. The minimum absolute atomic E-state index is 0. The molecule has 142 valence electrons. The SMILES string of the molecule is CCNC(=NCCc1ccccn1)NCCNC(=O)OC(C)(C)C.I. The van der Waals surface area contributed by atoms with Crippen molar-refractivity contribution in [2.45, 2.75) is 39.7 Å². The van der Waals surface area contributed by atoms with Gasteiger partial charge in [-0.15, -0.1) is 24.0 Å². The van der Waals surface area contributed by atoms with Crippen LogP contribution in [0.1, 0.15) is 33.4 Å². The van der Waals surface area contributed by atoms with E-state index in [4.69, 9.17) is 4.74 Å². The molecule has 1 heterocycles. The van der Waals surface area contributed by atoms with E-state index in [1.165, 1.54) is 0 Å². The molecule has 0 aliphatic carbocycles. The molecule has 0 saturated heterocycles. The van der Waals surface area contributed by atoms with E-state index in [0.29, 0.717) is 19.6 Å². The van der Waals surface area contributed by atoms with Gasteiger partial charge in [0.15, 0.2) is 5.96 Å². The van der Waals surface area contributed by atoms with Gasteiger partial charge in [-0.25, -0.2) is 4.79 Å². The molecular weight excluding hydrogens is 433 g/mol.